The smallest absolute Gasteiger partial charge is 0.232 e. The van der Waals surface area contributed by atoms with Gasteiger partial charge in [0.2, 0.25) is 5.91 Å². The van der Waals surface area contributed by atoms with E-state index >= 15 is 0 Å². The van der Waals surface area contributed by atoms with Crippen molar-refractivity contribution in [3.63, 3.8) is 0 Å². The van der Waals surface area contributed by atoms with Crippen LogP contribution in [-0.2, 0) is 16.1 Å². The van der Waals surface area contributed by atoms with Crippen LogP contribution in [0, 0.1) is 0 Å². The number of carbonyl (C=O) groups is 1. The molecule has 3 N–H and O–H groups in total. The van der Waals surface area contributed by atoms with Gasteiger partial charge in [-0.3, -0.25) is 9.69 Å². The molecule has 2 heterocycles. The summed E-state index contributed by atoms with van der Waals surface area (Å²) in [6.45, 7) is 2.70. The second kappa shape index (κ2) is 10.9. The van der Waals surface area contributed by atoms with E-state index in [0.717, 1.165) is 39.0 Å². The average molecular weight is 508 g/mol. The van der Waals surface area contributed by atoms with Crippen LogP contribution in [0.5, 0.6) is 0 Å². The third kappa shape index (κ3) is 6.41. The van der Waals surface area contributed by atoms with Crippen LogP contribution in [0.2, 0.25) is 10.0 Å². The van der Waals surface area contributed by atoms with Gasteiger partial charge in [-0.25, -0.2) is 0 Å². The molecule has 1 atom stereocenters. The number of hydrogen-bond acceptors (Lipinski definition) is 6. The van der Waals surface area contributed by atoms with Crippen LogP contribution in [0.25, 0.3) is 10.4 Å². The van der Waals surface area contributed by atoms with Gasteiger partial charge in [-0.2, -0.15) is 0 Å². The maximum absolute atomic E-state index is 12.5. The second-order valence-electron chi connectivity index (χ2n) is 7.44. The van der Waals surface area contributed by atoms with Crippen molar-refractivity contribution < 1.29 is 9.53 Å². The standard InChI is InChI=1S/C23H23Cl2N3O2S2/c24-18-5-4-15(10-19(18)25)12-28-8-9-30-22(13-28)27-21(29)14-31-23-7-6-20(32-23)16-2-1-3-17(26)11-16/h1-7,10-11,22H,8-9,12-14,26H2,(H,27,29). The predicted octanol–water partition coefficient (Wildman–Crippen LogP) is 5.37. The molecule has 32 heavy (non-hydrogen) atoms. The van der Waals surface area contributed by atoms with Gasteiger partial charge in [0.1, 0.15) is 6.23 Å². The third-order valence-electron chi connectivity index (χ3n) is 4.96. The van der Waals surface area contributed by atoms with Crippen LogP contribution in [-0.4, -0.2) is 42.5 Å². The molecule has 0 saturated carbocycles. The maximum Gasteiger partial charge on any atom is 0.232 e. The normalized spacial score (nSPS) is 16.8. The lowest BCUT2D eigenvalue weighted by Crippen LogP contribution is -2.50. The Morgan fingerprint density at radius 1 is 1.19 bits per heavy atom. The molecule has 1 aliphatic heterocycles. The number of hydrogen-bond donors (Lipinski definition) is 2. The fraction of sp³-hybridized carbons (Fsp3) is 0.261. The first kappa shape index (κ1) is 23.4. The van der Waals surface area contributed by atoms with Crippen LogP contribution in [0.1, 0.15) is 5.56 Å². The molecule has 5 nitrogen and oxygen atoms in total. The van der Waals surface area contributed by atoms with Crippen molar-refractivity contribution in [2.24, 2.45) is 0 Å². The molecule has 1 fully saturated rings. The van der Waals surface area contributed by atoms with E-state index in [1.165, 1.54) is 11.8 Å². The molecule has 1 aromatic heterocycles. The van der Waals surface area contributed by atoms with Crippen molar-refractivity contribution in [2.75, 3.05) is 31.2 Å². The lowest BCUT2D eigenvalue weighted by atomic mass is 10.2. The van der Waals surface area contributed by atoms with E-state index in [-0.39, 0.29) is 12.1 Å². The Hall–Kier alpha value is -1.74. The summed E-state index contributed by atoms with van der Waals surface area (Å²) in [5, 5.41) is 4.08. The number of halogens is 2. The second-order valence-corrected chi connectivity index (χ2v) is 10.6. The van der Waals surface area contributed by atoms with Gasteiger partial charge in [0.15, 0.2) is 0 Å². The molecule has 0 aliphatic carbocycles. The number of anilines is 1. The van der Waals surface area contributed by atoms with E-state index in [2.05, 4.69) is 16.3 Å². The van der Waals surface area contributed by atoms with Crippen LogP contribution < -0.4 is 11.1 Å². The number of nitrogens with two attached hydrogens (primary N) is 1. The largest absolute Gasteiger partial charge is 0.399 e. The molecule has 0 radical (unpaired) electrons. The van der Waals surface area contributed by atoms with Crippen molar-refractivity contribution in [3.8, 4) is 10.4 Å². The molecule has 3 aromatic rings. The number of amides is 1. The van der Waals surface area contributed by atoms with Crippen LogP contribution >= 0.6 is 46.3 Å². The summed E-state index contributed by atoms with van der Waals surface area (Å²) in [5.74, 6) is 0.291. The molecule has 168 valence electrons. The van der Waals surface area contributed by atoms with Crippen LogP contribution in [0.3, 0.4) is 0 Å². The van der Waals surface area contributed by atoms with E-state index in [1.807, 2.05) is 42.5 Å². The number of benzene rings is 2. The van der Waals surface area contributed by atoms with E-state index in [4.69, 9.17) is 33.7 Å². The summed E-state index contributed by atoms with van der Waals surface area (Å²) in [4.78, 5) is 15.8. The average Bonchev–Trinajstić information content (AvgIpc) is 3.24. The van der Waals surface area contributed by atoms with Gasteiger partial charge < -0.3 is 15.8 Å². The molecule has 1 amide bonds. The molecule has 0 bridgehead atoms. The van der Waals surface area contributed by atoms with Gasteiger partial charge in [0.25, 0.3) is 0 Å². The minimum Gasteiger partial charge on any atom is -0.399 e. The fourth-order valence-electron chi connectivity index (χ4n) is 3.43. The van der Waals surface area contributed by atoms with Crippen molar-refractivity contribution in [1.82, 2.24) is 10.2 Å². The first-order chi connectivity index (χ1) is 15.5. The fourth-order valence-corrected chi connectivity index (χ4v) is 5.69. The summed E-state index contributed by atoms with van der Waals surface area (Å²) in [6, 6.07) is 17.6. The number of morpholine rings is 1. The van der Waals surface area contributed by atoms with Gasteiger partial charge in [-0.15, -0.1) is 23.1 Å². The highest BCUT2D eigenvalue weighted by molar-refractivity contribution is 8.01. The SMILES string of the molecule is Nc1cccc(-c2ccc(SCC(=O)NC3CN(Cc4ccc(Cl)c(Cl)c4)CCO3)s2)c1. The van der Waals surface area contributed by atoms with Crippen molar-refractivity contribution in [3.05, 3.63) is 70.2 Å². The molecule has 1 unspecified atom stereocenters. The number of nitrogens with one attached hydrogen (secondary N) is 1. The molecule has 0 spiro atoms. The van der Waals surface area contributed by atoms with E-state index in [9.17, 15) is 4.79 Å². The first-order valence-electron chi connectivity index (χ1n) is 10.1. The number of rotatable bonds is 7. The predicted molar refractivity (Wildman–Crippen MR) is 135 cm³/mol. The summed E-state index contributed by atoms with van der Waals surface area (Å²) in [6.07, 6.45) is -0.328. The monoisotopic (exact) mass is 507 g/mol. The molecule has 4 rings (SSSR count). The van der Waals surface area contributed by atoms with Gasteiger partial charge >= 0.3 is 0 Å². The van der Waals surface area contributed by atoms with Crippen LogP contribution in [0.15, 0.2) is 58.8 Å². The summed E-state index contributed by atoms with van der Waals surface area (Å²) < 4.78 is 6.83. The molecule has 1 aliphatic rings. The highest BCUT2D eigenvalue weighted by Gasteiger charge is 2.22. The minimum atomic E-state index is -0.328. The Balaban J connectivity index is 1.25. The Labute approximate surface area is 205 Å². The van der Waals surface area contributed by atoms with Crippen molar-refractivity contribution >= 4 is 57.9 Å². The first-order valence-corrected chi connectivity index (χ1v) is 12.7. The topological polar surface area (TPSA) is 67.6 Å². The maximum atomic E-state index is 12.5. The van der Waals surface area contributed by atoms with E-state index in [1.54, 1.807) is 17.4 Å². The highest BCUT2D eigenvalue weighted by atomic mass is 35.5. The van der Waals surface area contributed by atoms with Gasteiger partial charge in [-0.05, 0) is 47.5 Å². The number of thiophene rings is 1. The summed E-state index contributed by atoms with van der Waals surface area (Å²) >= 11 is 15.3. The summed E-state index contributed by atoms with van der Waals surface area (Å²) in [7, 11) is 0. The van der Waals surface area contributed by atoms with Crippen molar-refractivity contribution in [1.29, 1.82) is 0 Å². The lowest BCUT2D eigenvalue weighted by molar-refractivity contribution is -0.126. The van der Waals surface area contributed by atoms with Crippen LogP contribution in [0.4, 0.5) is 5.69 Å². The Kier molecular flexibility index (Phi) is 7.99. The molecule has 9 heteroatoms. The Morgan fingerprint density at radius 2 is 2.06 bits per heavy atom. The van der Waals surface area contributed by atoms with E-state index < -0.39 is 0 Å². The Morgan fingerprint density at radius 3 is 2.88 bits per heavy atom. The number of ether oxygens (including phenoxy) is 1. The summed E-state index contributed by atoms with van der Waals surface area (Å²) in [5.41, 5.74) is 8.78. The third-order valence-corrected chi connectivity index (χ3v) is 8.06. The van der Waals surface area contributed by atoms with Gasteiger partial charge in [0.05, 0.1) is 26.6 Å². The van der Waals surface area contributed by atoms with Gasteiger partial charge in [0, 0.05) is 30.2 Å². The zero-order valence-electron chi connectivity index (χ0n) is 17.2. The molecule has 1 saturated heterocycles. The number of nitrogen functional groups attached to an aromatic ring is 1. The minimum absolute atomic E-state index is 0.0460. The van der Waals surface area contributed by atoms with E-state index in [0.29, 0.717) is 28.9 Å². The quantitative estimate of drug-likeness (QED) is 0.332. The van der Waals surface area contributed by atoms with Crippen molar-refractivity contribution in [2.45, 2.75) is 17.0 Å². The zero-order valence-corrected chi connectivity index (χ0v) is 20.4. The Bertz CT molecular complexity index is 1090. The number of nitrogens with zero attached hydrogens (tertiary/aromatic N) is 1. The molecule has 2 aromatic carbocycles. The highest BCUT2D eigenvalue weighted by Crippen LogP contribution is 2.34. The number of carbonyl (C=O) groups excluding carboxylic acids is 1. The number of thioether (sulfide) groups is 1. The lowest BCUT2D eigenvalue weighted by Gasteiger charge is -2.33. The zero-order chi connectivity index (χ0) is 22.5. The van der Waals surface area contributed by atoms with Gasteiger partial charge in [-0.1, -0.05) is 41.4 Å². The molecular formula is C23H23Cl2N3O2S2. The molecular weight excluding hydrogens is 485 g/mol.